The molecule has 0 aliphatic carbocycles. The summed E-state index contributed by atoms with van der Waals surface area (Å²) in [4.78, 5) is 12.4. The number of ether oxygens (including phenoxy) is 1. The third kappa shape index (κ3) is 6.17. The van der Waals surface area contributed by atoms with Crippen molar-refractivity contribution in [2.75, 3.05) is 5.32 Å². The minimum Gasteiger partial charge on any atom is -0.486 e. The van der Waals surface area contributed by atoms with E-state index in [1.165, 1.54) is 24.3 Å². The lowest BCUT2D eigenvalue weighted by molar-refractivity contribution is -0.112. The van der Waals surface area contributed by atoms with E-state index >= 15 is 0 Å². The molecule has 0 aromatic heterocycles. The maximum absolute atomic E-state index is 13.8. The fourth-order valence-corrected chi connectivity index (χ4v) is 3.86. The third-order valence-electron chi connectivity index (χ3n) is 4.12. The number of halogens is 4. The van der Waals surface area contributed by atoms with Gasteiger partial charge in [-0.05, 0) is 69.5 Å². The second-order valence-electron chi connectivity index (χ2n) is 6.33. The summed E-state index contributed by atoms with van der Waals surface area (Å²) in [6, 6.07) is 18.5. The number of amides is 1. The largest absolute Gasteiger partial charge is 0.486 e. The van der Waals surface area contributed by atoms with Gasteiger partial charge in [0.25, 0.3) is 5.91 Å². The van der Waals surface area contributed by atoms with Crippen LogP contribution in [0, 0.1) is 17.1 Å². The van der Waals surface area contributed by atoms with Crippen LogP contribution in [0.3, 0.4) is 0 Å². The predicted octanol–water partition coefficient (Wildman–Crippen LogP) is 7.13. The molecule has 0 heterocycles. The van der Waals surface area contributed by atoms with Gasteiger partial charge >= 0.3 is 0 Å². The summed E-state index contributed by atoms with van der Waals surface area (Å²) in [6.45, 7) is 0.315. The van der Waals surface area contributed by atoms with Crippen LogP contribution >= 0.6 is 43.5 Å². The van der Waals surface area contributed by atoms with Crippen molar-refractivity contribution >= 4 is 61.1 Å². The maximum atomic E-state index is 13.8. The van der Waals surface area contributed by atoms with Crippen LogP contribution in [0.15, 0.2) is 75.2 Å². The standard InChI is InChI=1S/C23H14Br2ClFN2O2/c24-17-7-5-14(6-8-17)13-31-22-18(25)10-15(11-19(22)26)9-16(12-28)23(30)29-21-4-2-1-3-20(21)27/h1-11H,13H2,(H,29,30)/b16-9-. The van der Waals surface area contributed by atoms with Crippen LogP contribution in [-0.2, 0) is 11.4 Å². The first-order valence-electron chi connectivity index (χ1n) is 8.91. The Morgan fingerprint density at radius 3 is 2.52 bits per heavy atom. The first kappa shape index (κ1) is 23.0. The molecule has 3 aromatic carbocycles. The zero-order valence-corrected chi connectivity index (χ0v) is 19.8. The van der Waals surface area contributed by atoms with Crippen molar-refractivity contribution < 1.29 is 13.9 Å². The van der Waals surface area contributed by atoms with Crippen molar-refractivity contribution in [3.05, 3.63) is 97.1 Å². The number of nitriles is 1. The van der Waals surface area contributed by atoms with Gasteiger partial charge in [-0.25, -0.2) is 4.39 Å². The molecule has 1 N–H and O–H groups in total. The van der Waals surface area contributed by atoms with E-state index in [1.807, 2.05) is 30.3 Å². The van der Waals surface area contributed by atoms with Crippen molar-refractivity contribution in [3.8, 4) is 11.8 Å². The molecular formula is C23H14Br2ClFN2O2. The number of hydrogen-bond donors (Lipinski definition) is 1. The summed E-state index contributed by atoms with van der Waals surface area (Å²) in [5.41, 5.74) is 1.26. The van der Waals surface area contributed by atoms with Crippen molar-refractivity contribution in [2.24, 2.45) is 0 Å². The smallest absolute Gasteiger partial charge is 0.266 e. The summed E-state index contributed by atoms with van der Waals surface area (Å²) in [5.74, 6) is -0.877. The maximum Gasteiger partial charge on any atom is 0.266 e. The molecule has 0 aliphatic heterocycles. The van der Waals surface area contributed by atoms with E-state index in [0.29, 0.717) is 27.4 Å². The van der Waals surface area contributed by atoms with Crippen LogP contribution < -0.4 is 10.1 Å². The molecular weight excluding hydrogens is 551 g/mol. The van der Waals surface area contributed by atoms with Gasteiger partial charge in [0.15, 0.2) is 5.75 Å². The molecule has 3 rings (SSSR count). The number of rotatable bonds is 6. The predicted molar refractivity (Wildman–Crippen MR) is 126 cm³/mol. The van der Waals surface area contributed by atoms with Gasteiger partial charge in [-0.1, -0.05) is 51.8 Å². The minimum absolute atomic E-state index is 0.00967. The fraction of sp³-hybridized carbons (Fsp3) is 0.0435. The summed E-state index contributed by atoms with van der Waals surface area (Å²) in [5, 5.41) is 12.1. The molecule has 31 heavy (non-hydrogen) atoms. The molecule has 4 nitrogen and oxygen atoms in total. The van der Waals surface area contributed by atoms with E-state index in [-0.39, 0.29) is 11.3 Å². The number of para-hydroxylation sites is 1. The molecule has 0 radical (unpaired) electrons. The first-order valence-corrected chi connectivity index (χ1v) is 10.9. The third-order valence-corrected chi connectivity index (χ3v) is 5.51. The topological polar surface area (TPSA) is 62.1 Å². The van der Waals surface area contributed by atoms with Gasteiger partial charge in [-0.3, -0.25) is 4.79 Å². The van der Waals surface area contributed by atoms with Crippen LogP contribution in [0.25, 0.3) is 6.08 Å². The molecule has 0 fully saturated rings. The second-order valence-corrected chi connectivity index (χ2v) is 8.51. The van der Waals surface area contributed by atoms with Crippen molar-refractivity contribution in [3.63, 3.8) is 0 Å². The first-order chi connectivity index (χ1) is 14.9. The number of hydrogen-bond acceptors (Lipinski definition) is 3. The van der Waals surface area contributed by atoms with E-state index in [1.54, 1.807) is 18.2 Å². The normalized spacial score (nSPS) is 11.0. The van der Waals surface area contributed by atoms with E-state index < -0.39 is 11.7 Å². The highest BCUT2D eigenvalue weighted by molar-refractivity contribution is 9.10. The molecule has 156 valence electrons. The quantitative estimate of drug-likeness (QED) is 0.256. The zero-order valence-electron chi connectivity index (χ0n) is 15.8. The second kappa shape index (κ2) is 10.6. The molecule has 0 unspecified atom stereocenters. The van der Waals surface area contributed by atoms with Gasteiger partial charge in [-0.15, -0.1) is 0 Å². The average Bonchev–Trinajstić information content (AvgIpc) is 2.74. The Bertz CT molecular complexity index is 1170. The molecule has 0 saturated carbocycles. The number of nitrogens with zero attached hydrogens (tertiary/aromatic N) is 1. The summed E-state index contributed by atoms with van der Waals surface area (Å²) >= 11 is 13.2. The lowest BCUT2D eigenvalue weighted by Crippen LogP contribution is -2.14. The van der Waals surface area contributed by atoms with Crippen LogP contribution in [-0.4, -0.2) is 5.91 Å². The van der Waals surface area contributed by atoms with Crippen LogP contribution in [0.5, 0.6) is 5.75 Å². The van der Waals surface area contributed by atoms with Gasteiger partial charge in [-0.2, -0.15) is 5.26 Å². The molecule has 1 amide bonds. The summed E-state index contributed by atoms with van der Waals surface area (Å²) in [7, 11) is 0. The molecule has 0 spiro atoms. The van der Waals surface area contributed by atoms with Crippen LogP contribution in [0.4, 0.5) is 10.1 Å². The highest BCUT2D eigenvalue weighted by Crippen LogP contribution is 2.35. The Labute approximate surface area is 200 Å². The van der Waals surface area contributed by atoms with Crippen molar-refractivity contribution in [2.45, 2.75) is 6.61 Å². The van der Waals surface area contributed by atoms with E-state index in [9.17, 15) is 14.4 Å². The van der Waals surface area contributed by atoms with Crippen LogP contribution in [0.2, 0.25) is 5.02 Å². The fourth-order valence-electron chi connectivity index (χ4n) is 2.60. The van der Waals surface area contributed by atoms with Gasteiger partial charge < -0.3 is 10.1 Å². The zero-order chi connectivity index (χ0) is 22.4. The Morgan fingerprint density at radius 1 is 1.16 bits per heavy atom. The monoisotopic (exact) mass is 562 g/mol. The van der Waals surface area contributed by atoms with Crippen molar-refractivity contribution in [1.82, 2.24) is 0 Å². The summed E-state index contributed by atoms with van der Waals surface area (Å²) in [6.07, 6.45) is 1.37. The van der Waals surface area contributed by atoms with Gasteiger partial charge in [0.2, 0.25) is 0 Å². The number of benzene rings is 3. The Morgan fingerprint density at radius 2 is 1.87 bits per heavy atom. The summed E-state index contributed by atoms with van der Waals surface area (Å²) < 4.78 is 21.1. The van der Waals surface area contributed by atoms with Gasteiger partial charge in [0, 0.05) is 4.47 Å². The highest BCUT2D eigenvalue weighted by Gasteiger charge is 2.14. The Kier molecular flexibility index (Phi) is 7.85. The van der Waals surface area contributed by atoms with Crippen LogP contribution in [0.1, 0.15) is 11.1 Å². The van der Waals surface area contributed by atoms with Crippen molar-refractivity contribution in [1.29, 1.82) is 5.26 Å². The SMILES string of the molecule is N#C/C(=C/c1cc(Cl)c(OCc2ccc(Br)cc2)c(Br)c1)C(=O)Nc1ccccc1F. The number of anilines is 1. The molecule has 0 atom stereocenters. The van der Waals surface area contributed by atoms with Gasteiger partial charge in [0.1, 0.15) is 24.1 Å². The average molecular weight is 565 g/mol. The Hall–Kier alpha value is -2.66. The van der Waals surface area contributed by atoms with Gasteiger partial charge in [0.05, 0.1) is 15.2 Å². The van der Waals surface area contributed by atoms with E-state index in [0.717, 1.165) is 10.0 Å². The minimum atomic E-state index is -0.726. The number of nitrogens with one attached hydrogen (secondary N) is 1. The van der Waals surface area contributed by atoms with E-state index in [4.69, 9.17) is 16.3 Å². The highest BCUT2D eigenvalue weighted by atomic mass is 79.9. The molecule has 8 heteroatoms. The Balaban J connectivity index is 1.78. The lowest BCUT2D eigenvalue weighted by Gasteiger charge is -2.12. The number of carbonyl (C=O) groups excluding carboxylic acids is 1. The molecule has 0 bridgehead atoms. The lowest BCUT2D eigenvalue weighted by atomic mass is 10.1. The molecule has 0 aliphatic rings. The number of carbonyl (C=O) groups is 1. The van der Waals surface area contributed by atoms with E-state index in [2.05, 4.69) is 37.2 Å². The molecule has 0 saturated heterocycles. The molecule has 3 aromatic rings.